The van der Waals surface area contributed by atoms with Crippen LogP contribution < -0.4 is 15.2 Å². The predicted molar refractivity (Wildman–Crippen MR) is 145 cm³/mol. The summed E-state index contributed by atoms with van der Waals surface area (Å²) >= 11 is 0. The molecule has 2 N–H and O–H groups in total. The number of hydrogen-bond donors (Lipinski definition) is 1. The summed E-state index contributed by atoms with van der Waals surface area (Å²) in [4.78, 5) is 49.6. The van der Waals surface area contributed by atoms with Gasteiger partial charge in [0.15, 0.2) is 11.5 Å². The first kappa shape index (κ1) is 33.9. The highest BCUT2D eigenvalue weighted by Gasteiger charge is 2.31. The van der Waals surface area contributed by atoms with E-state index in [1.54, 1.807) is 40.7 Å². The number of esters is 3. The molecule has 0 saturated heterocycles. The Morgan fingerprint density at radius 3 is 1.97 bits per heavy atom. The zero-order chi connectivity index (χ0) is 29.8. The molecule has 0 aliphatic rings. The van der Waals surface area contributed by atoms with Crippen LogP contribution >= 0.6 is 0 Å². The first-order valence-electron chi connectivity index (χ1n) is 13.5. The van der Waals surface area contributed by atoms with Crippen molar-refractivity contribution >= 4 is 24.1 Å². The van der Waals surface area contributed by atoms with Gasteiger partial charge in [0.2, 0.25) is 0 Å². The quantitative estimate of drug-likeness (QED) is 0.177. The molecule has 1 aromatic carbocycles. The van der Waals surface area contributed by atoms with Gasteiger partial charge in [0.1, 0.15) is 18.8 Å². The van der Waals surface area contributed by atoms with Crippen molar-refractivity contribution in [2.75, 3.05) is 13.2 Å². The van der Waals surface area contributed by atoms with Gasteiger partial charge in [-0.1, -0.05) is 33.3 Å². The second-order valence-corrected chi connectivity index (χ2v) is 10.9. The van der Waals surface area contributed by atoms with Gasteiger partial charge in [-0.15, -0.1) is 0 Å². The molecule has 0 aliphatic carbocycles. The van der Waals surface area contributed by atoms with Crippen LogP contribution in [-0.4, -0.2) is 49.4 Å². The summed E-state index contributed by atoms with van der Waals surface area (Å²) in [7, 11) is 0. The molecule has 10 nitrogen and oxygen atoms in total. The number of carbonyl (C=O) groups is 4. The highest BCUT2D eigenvalue weighted by Crippen LogP contribution is 2.34. The van der Waals surface area contributed by atoms with Crippen LogP contribution in [0.15, 0.2) is 18.2 Å². The minimum atomic E-state index is -1.04. The van der Waals surface area contributed by atoms with Gasteiger partial charge in [-0.2, -0.15) is 0 Å². The SMILES string of the molecule is CCCCOC(=O)O[C@@H](C)COC(=O)[C@@H](N)Cc1ccc(OC(=O)C(C)(C)CC)c(OC(=O)C(C)(C)CC)c1. The standard InChI is InChI=1S/C29H45NO9/c1-9-12-15-35-27(34)37-19(4)18-36-24(31)21(30)16-20-13-14-22(38-25(32)28(5,6)10-2)23(17-20)39-26(33)29(7,8)11-3/h13-14,17,19,21H,9-12,15-16,18,30H2,1-8H3/t19-,21-/m0/s1. The van der Waals surface area contributed by atoms with Gasteiger partial charge in [-0.3, -0.25) is 14.4 Å². The Bertz CT molecular complexity index is 987. The summed E-state index contributed by atoms with van der Waals surface area (Å²) in [6.07, 6.45) is 1.22. The number of benzene rings is 1. The molecule has 0 fully saturated rings. The third-order valence-corrected chi connectivity index (χ3v) is 6.52. The summed E-state index contributed by atoms with van der Waals surface area (Å²) in [5.74, 6) is -1.49. The number of unbranched alkanes of at least 4 members (excludes halogenated alkanes) is 1. The number of nitrogens with two attached hydrogens (primary N) is 1. The fourth-order valence-electron chi connectivity index (χ4n) is 2.78. The molecule has 0 spiro atoms. The molecule has 0 heterocycles. The van der Waals surface area contributed by atoms with E-state index in [1.807, 2.05) is 20.8 Å². The summed E-state index contributed by atoms with van der Waals surface area (Å²) in [6, 6.07) is 3.63. The van der Waals surface area contributed by atoms with E-state index < -0.39 is 47.0 Å². The number of hydrogen-bond acceptors (Lipinski definition) is 10. The zero-order valence-corrected chi connectivity index (χ0v) is 24.6. The van der Waals surface area contributed by atoms with Crippen LogP contribution in [0.5, 0.6) is 11.5 Å². The van der Waals surface area contributed by atoms with Crippen molar-refractivity contribution in [2.45, 2.75) is 99.6 Å². The molecule has 39 heavy (non-hydrogen) atoms. The average Bonchev–Trinajstić information content (AvgIpc) is 2.88. The molecule has 0 bridgehead atoms. The number of ether oxygens (including phenoxy) is 5. The molecule has 0 unspecified atom stereocenters. The van der Waals surface area contributed by atoms with E-state index >= 15 is 0 Å². The fraction of sp³-hybridized carbons (Fsp3) is 0.655. The molecule has 220 valence electrons. The normalized spacial score (nSPS) is 13.2. The van der Waals surface area contributed by atoms with E-state index in [-0.39, 0.29) is 31.1 Å². The lowest BCUT2D eigenvalue weighted by Crippen LogP contribution is -2.36. The van der Waals surface area contributed by atoms with Crippen molar-refractivity contribution in [3.05, 3.63) is 23.8 Å². The van der Waals surface area contributed by atoms with E-state index in [4.69, 9.17) is 29.4 Å². The minimum absolute atomic E-state index is 0.0588. The van der Waals surface area contributed by atoms with Crippen LogP contribution in [0.4, 0.5) is 4.79 Å². The number of carbonyl (C=O) groups excluding carboxylic acids is 4. The fourth-order valence-corrected chi connectivity index (χ4v) is 2.78. The van der Waals surface area contributed by atoms with Gasteiger partial charge in [-0.05, 0) is 78.0 Å². The molecule has 0 saturated carbocycles. The third-order valence-electron chi connectivity index (χ3n) is 6.52. The molecule has 0 aliphatic heterocycles. The maximum absolute atomic E-state index is 12.8. The van der Waals surface area contributed by atoms with E-state index in [1.165, 1.54) is 12.1 Å². The maximum Gasteiger partial charge on any atom is 0.508 e. The van der Waals surface area contributed by atoms with Crippen molar-refractivity contribution < 1.29 is 42.9 Å². The van der Waals surface area contributed by atoms with Crippen LogP contribution in [0.3, 0.4) is 0 Å². The third kappa shape index (κ3) is 11.2. The lowest BCUT2D eigenvalue weighted by Gasteiger charge is -2.23. The van der Waals surface area contributed by atoms with Gasteiger partial charge in [0.25, 0.3) is 0 Å². The molecule has 2 atom stereocenters. The van der Waals surface area contributed by atoms with Crippen molar-refractivity contribution in [2.24, 2.45) is 16.6 Å². The first-order chi connectivity index (χ1) is 18.2. The summed E-state index contributed by atoms with van der Waals surface area (Å²) in [6.45, 7) is 14.4. The highest BCUT2D eigenvalue weighted by molar-refractivity contribution is 5.81. The molecule has 0 amide bonds. The molecule has 1 aromatic rings. The van der Waals surface area contributed by atoms with Crippen LogP contribution in [-0.2, 0) is 35.0 Å². The largest absolute Gasteiger partial charge is 0.508 e. The lowest BCUT2D eigenvalue weighted by atomic mass is 9.90. The molecular formula is C29H45NO9. The smallest absolute Gasteiger partial charge is 0.461 e. The maximum atomic E-state index is 12.8. The first-order valence-corrected chi connectivity index (χ1v) is 13.5. The van der Waals surface area contributed by atoms with Gasteiger partial charge >= 0.3 is 24.1 Å². The van der Waals surface area contributed by atoms with Crippen molar-refractivity contribution in [3.63, 3.8) is 0 Å². The Labute approximate surface area is 231 Å². The predicted octanol–water partition coefficient (Wildman–Crippen LogP) is 5.12. The van der Waals surface area contributed by atoms with Gasteiger partial charge in [0, 0.05) is 0 Å². The topological polar surface area (TPSA) is 140 Å². The van der Waals surface area contributed by atoms with E-state index in [0.717, 1.165) is 12.8 Å². The van der Waals surface area contributed by atoms with Crippen LogP contribution in [0.1, 0.15) is 86.6 Å². The average molecular weight is 552 g/mol. The molecule has 1 rings (SSSR count). The van der Waals surface area contributed by atoms with Gasteiger partial charge in [-0.25, -0.2) is 4.79 Å². The summed E-state index contributed by atoms with van der Waals surface area (Å²) < 4.78 is 26.4. The summed E-state index contributed by atoms with van der Waals surface area (Å²) in [5, 5.41) is 0. The van der Waals surface area contributed by atoms with Crippen molar-refractivity contribution in [3.8, 4) is 11.5 Å². The lowest BCUT2D eigenvalue weighted by molar-refractivity contribution is -0.148. The highest BCUT2D eigenvalue weighted by atomic mass is 16.7. The Morgan fingerprint density at radius 1 is 0.872 bits per heavy atom. The van der Waals surface area contributed by atoms with Crippen LogP contribution in [0, 0.1) is 10.8 Å². The van der Waals surface area contributed by atoms with Crippen molar-refractivity contribution in [1.29, 1.82) is 0 Å². The monoisotopic (exact) mass is 551 g/mol. The van der Waals surface area contributed by atoms with Gasteiger partial charge in [0.05, 0.1) is 17.4 Å². The van der Waals surface area contributed by atoms with E-state index in [9.17, 15) is 19.2 Å². The molecule has 0 radical (unpaired) electrons. The van der Waals surface area contributed by atoms with Crippen LogP contribution in [0.25, 0.3) is 0 Å². The zero-order valence-electron chi connectivity index (χ0n) is 24.6. The van der Waals surface area contributed by atoms with Gasteiger partial charge < -0.3 is 29.4 Å². The summed E-state index contributed by atoms with van der Waals surface area (Å²) in [5.41, 5.74) is 5.12. The van der Waals surface area contributed by atoms with Crippen LogP contribution in [0.2, 0.25) is 0 Å². The second kappa shape index (κ2) is 15.5. The van der Waals surface area contributed by atoms with Crippen molar-refractivity contribution in [1.82, 2.24) is 0 Å². The Balaban J connectivity index is 2.93. The Kier molecular flexibility index (Phi) is 13.4. The number of rotatable bonds is 15. The van der Waals surface area contributed by atoms with E-state index in [0.29, 0.717) is 18.4 Å². The minimum Gasteiger partial charge on any atom is -0.461 e. The Hall–Kier alpha value is -3.14. The molecule has 10 heteroatoms. The molecular weight excluding hydrogens is 506 g/mol. The second-order valence-electron chi connectivity index (χ2n) is 10.9. The Morgan fingerprint density at radius 2 is 1.44 bits per heavy atom. The molecule has 0 aromatic heterocycles. The van der Waals surface area contributed by atoms with E-state index in [2.05, 4.69) is 0 Å².